The Labute approximate surface area is 99.9 Å². The van der Waals surface area contributed by atoms with Crippen molar-refractivity contribution < 1.29 is 0 Å². The maximum absolute atomic E-state index is 6.24. The summed E-state index contributed by atoms with van der Waals surface area (Å²) in [6, 6.07) is 12.0. The number of nitrogens with two attached hydrogens (primary N) is 1. The molecule has 2 nitrogen and oxygen atoms in total. The third-order valence-electron chi connectivity index (χ3n) is 2.52. The molecule has 0 amide bonds. The lowest BCUT2D eigenvalue weighted by Crippen LogP contribution is -2.12. The predicted molar refractivity (Wildman–Crippen MR) is 68.5 cm³/mol. The zero-order valence-electron chi connectivity index (χ0n) is 9.13. The molecule has 1 atom stereocenters. The van der Waals surface area contributed by atoms with Crippen LogP contribution in [-0.4, -0.2) is 11.2 Å². The van der Waals surface area contributed by atoms with E-state index in [0.717, 1.165) is 11.1 Å². The van der Waals surface area contributed by atoms with Crippen molar-refractivity contribution in [3.63, 3.8) is 0 Å². The van der Waals surface area contributed by atoms with Crippen LogP contribution >= 0.6 is 11.8 Å². The molecule has 82 valence electrons. The van der Waals surface area contributed by atoms with E-state index in [1.807, 2.05) is 30.5 Å². The summed E-state index contributed by atoms with van der Waals surface area (Å²) in [5, 5.41) is 0. The molecular weight excluding hydrogens is 216 g/mol. The Bertz CT molecular complexity index is 456. The van der Waals surface area contributed by atoms with E-state index in [0.29, 0.717) is 0 Å². The van der Waals surface area contributed by atoms with Crippen LogP contribution in [0.3, 0.4) is 0 Å². The van der Waals surface area contributed by atoms with Crippen molar-refractivity contribution in [3.05, 3.63) is 59.9 Å². The molecule has 0 saturated carbocycles. The molecule has 1 heterocycles. The van der Waals surface area contributed by atoms with E-state index in [1.54, 1.807) is 18.0 Å². The van der Waals surface area contributed by atoms with Crippen molar-refractivity contribution in [1.82, 2.24) is 4.98 Å². The number of thioether (sulfide) groups is 1. The van der Waals surface area contributed by atoms with E-state index in [4.69, 9.17) is 5.73 Å². The van der Waals surface area contributed by atoms with E-state index in [1.165, 1.54) is 4.90 Å². The van der Waals surface area contributed by atoms with Crippen LogP contribution in [0.2, 0.25) is 0 Å². The van der Waals surface area contributed by atoms with Gasteiger partial charge in [-0.05, 0) is 29.5 Å². The number of pyridine rings is 1. The van der Waals surface area contributed by atoms with E-state index in [-0.39, 0.29) is 6.04 Å². The summed E-state index contributed by atoms with van der Waals surface area (Å²) in [7, 11) is 0. The smallest absolute Gasteiger partial charge is 0.0578 e. The lowest BCUT2D eigenvalue weighted by molar-refractivity contribution is 0.841. The molecule has 0 aliphatic heterocycles. The highest BCUT2D eigenvalue weighted by Gasteiger charge is 2.11. The molecule has 0 saturated heterocycles. The van der Waals surface area contributed by atoms with Gasteiger partial charge in [0.05, 0.1) is 6.04 Å². The predicted octanol–water partition coefficient (Wildman–Crippen LogP) is 2.85. The van der Waals surface area contributed by atoms with Gasteiger partial charge in [0.25, 0.3) is 0 Å². The summed E-state index contributed by atoms with van der Waals surface area (Å²) in [5.74, 6) is 0. The average molecular weight is 230 g/mol. The summed E-state index contributed by atoms with van der Waals surface area (Å²) in [6.07, 6.45) is 5.65. The highest BCUT2D eigenvalue weighted by Crippen LogP contribution is 2.27. The molecule has 2 rings (SSSR count). The molecule has 0 aliphatic carbocycles. The minimum Gasteiger partial charge on any atom is -0.320 e. The maximum Gasteiger partial charge on any atom is 0.0578 e. The minimum atomic E-state index is -0.0997. The zero-order valence-corrected chi connectivity index (χ0v) is 9.95. The summed E-state index contributed by atoms with van der Waals surface area (Å²) < 4.78 is 0. The molecule has 1 aromatic carbocycles. The SMILES string of the molecule is CSc1ccccc1C(N)c1cccnc1. The molecule has 1 unspecified atom stereocenters. The van der Waals surface area contributed by atoms with Crippen molar-refractivity contribution in [1.29, 1.82) is 0 Å². The molecule has 0 bridgehead atoms. The first-order valence-electron chi connectivity index (χ1n) is 5.11. The quantitative estimate of drug-likeness (QED) is 0.824. The van der Waals surface area contributed by atoms with Gasteiger partial charge in [-0.2, -0.15) is 0 Å². The first kappa shape index (κ1) is 11.2. The fourth-order valence-electron chi connectivity index (χ4n) is 1.66. The van der Waals surface area contributed by atoms with Gasteiger partial charge in [0.1, 0.15) is 0 Å². The second-order valence-corrected chi connectivity index (χ2v) is 4.35. The highest BCUT2D eigenvalue weighted by molar-refractivity contribution is 7.98. The lowest BCUT2D eigenvalue weighted by Gasteiger charge is -2.15. The monoisotopic (exact) mass is 230 g/mol. The van der Waals surface area contributed by atoms with Crippen molar-refractivity contribution in [3.8, 4) is 0 Å². The van der Waals surface area contributed by atoms with Gasteiger partial charge in [0, 0.05) is 17.3 Å². The first-order valence-corrected chi connectivity index (χ1v) is 6.34. The number of rotatable bonds is 3. The third kappa shape index (κ3) is 2.26. The van der Waals surface area contributed by atoms with Crippen LogP contribution in [0.15, 0.2) is 53.7 Å². The molecule has 1 aromatic heterocycles. The van der Waals surface area contributed by atoms with Crippen LogP contribution in [0.5, 0.6) is 0 Å². The molecule has 0 spiro atoms. The molecular formula is C13H14N2S. The molecule has 0 radical (unpaired) electrons. The zero-order chi connectivity index (χ0) is 11.4. The normalized spacial score (nSPS) is 12.4. The summed E-state index contributed by atoms with van der Waals surface area (Å²) in [5.41, 5.74) is 8.44. The highest BCUT2D eigenvalue weighted by atomic mass is 32.2. The van der Waals surface area contributed by atoms with Crippen LogP contribution < -0.4 is 5.73 Å². The Morgan fingerprint density at radius 2 is 2.00 bits per heavy atom. The van der Waals surface area contributed by atoms with Crippen molar-refractivity contribution in [2.45, 2.75) is 10.9 Å². The first-order chi connectivity index (χ1) is 7.83. The van der Waals surface area contributed by atoms with Crippen LogP contribution in [0.4, 0.5) is 0 Å². The van der Waals surface area contributed by atoms with Gasteiger partial charge >= 0.3 is 0 Å². The number of hydrogen-bond donors (Lipinski definition) is 1. The van der Waals surface area contributed by atoms with Gasteiger partial charge in [-0.3, -0.25) is 4.98 Å². The fraction of sp³-hybridized carbons (Fsp3) is 0.154. The van der Waals surface area contributed by atoms with E-state index in [9.17, 15) is 0 Å². The number of nitrogens with zero attached hydrogens (tertiary/aromatic N) is 1. The van der Waals surface area contributed by atoms with Crippen LogP contribution in [0.1, 0.15) is 17.2 Å². The Balaban J connectivity index is 2.37. The van der Waals surface area contributed by atoms with Gasteiger partial charge in [0.2, 0.25) is 0 Å². The maximum atomic E-state index is 6.24. The standard InChI is InChI=1S/C13H14N2S/c1-16-12-7-3-2-6-11(12)13(14)10-5-4-8-15-9-10/h2-9,13H,14H2,1H3. The molecule has 0 aliphatic rings. The second-order valence-electron chi connectivity index (χ2n) is 3.51. The average Bonchev–Trinajstić information content (AvgIpc) is 2.39. The van der Waals surface area contributed by atoms with Crippen molar-refractivity contribution >= 4 is 11.8 Å². The van der Waals surface area contributed by atoms with Crippen LogP contribution in [0.25, 0.3) is 0 Å². The number of hydrogen-bond acceptors (Lipinski definition) is 3. The third-order valence-corrected chi connectivity index (χ3v) is 3.33. The van der Waals surface area contributed by atoms with Crippen molar-refractivity contribution in [2.24, 2.45) is 5.73 Å². The summed E-state index contributed by atoms with van der Waals surface area (Å²) in [6.45, 7) is 0. The van der Waals surface area contributed by atoms with E-state index in [2.05, 4.69) is 23.4 Å². The molecule has 0 fully saturated rings. The topological polar surface area (TPSA) is 38.9 Å². The van der Waals surface area contributed by atoms with E-state index >= 15 is 0 Å². The van der Waals surface area contributed by atoms with Gasteiger partial charge in [-0.25, -0.2) is 0 Å². The Kier molecular flexibility index (Phi) is 3.59. The summed E-state index contributed by atoms with van der Waals surface area (Å²) >= 11 is 1.72. The van der Waals surface area contributed by atoms with Gasteiger partial charge in [0.15, 0.2) is 0 Å². The van der Waals surface area contributed by atoms with Crippen LogP contribution in [0, 0.1) is 0 Å². The lowest BCUT2D eigenvalue weighted by atomic mass is 10.0. The Morgan fingerprint density at radius 1 is 1.19 bits per heavy atom. The molecule has 2 aromatic rings. The van der Waals surface area contributed by atoms with Crippen LogP contribution in [-0.2, 0) is 0 Å². The van der Waals surface area contributed by atoms with Crippen molar-refractivity contribution in [2.75, 3.05) is 6.26 Å². The minimum absolute atomic E-state index is 0.0997. The van der Waals surface area contributed by atoms with Gasteiger partial charge in [-0.15, -0.1) is 11.8 Å². The largest absolute Gasteiger partial charge is 0.320 e. The fourth-order valence-corrected chi connectivity index (χ4v) is 2.31. The Hall–Kier alpha value is -1.32. The van der Waals surface area contributed by atoms with Gasteiger partial charge in [-0.1, -0.05) is 24.3 Å². The molecule has 16 heavy (non-hydrogen) atoms. The van der Waals surface area contributed by atoms with E-state index < -0.39 is 0 Å². The Morgan fingerprint density at radius 3 is 2.69 bits per heavy atom. The number of aromatic nitrogens is 1. The second kappa shape index (κ2) is 5.14. The number of benzene rings is 1. The molecule has 2 N–H and O–H groups in total. The summed E-state index contributed by atoms with van der Waals surface area (Å²) in [4.78, 5) is 5.32. The molecule has 3 heteroatoms. The van der Waals surface area contributed by atoms with Gasteiger partial charge < -0.3 is 5.73 Å².